The lowest BCUT2D eigenvalue weighted by Gasteiger charge is -2.32. The molecule has 0 aromatic rings. The van der Waals surface area contributed by atoms with Gasteiger partial charge in [0.25, 0.3) is 0 Å². The zero-order valence-electron chi connectivity index (χ0n) is 10.0. The number of rotatable bonds is 5. The van der Waals surface area contributed by atoms with E-state index in [0.29, 0.717) is 12.6 Å². The number of hydrogen-bond acceptors (Lipinski definition) is 3. The van der Waals surface area contributed by atoms with E-state index in [-0.39, 0.29) is 36.0 Å². The second kappa shape index (κ2) is 5.69. The van der Waals surface area contributed by atoms with Crippen LogP contribution in [0.5, 0.6) is 0 Å². The van der Waals surface area contributed by atoms with E-state index < -0.39 is 5.51 Å². The molecule has 3 nitrogen and oxygen atoms in total. The van der Waals surface area contributed by atoms with Crippen molar-refractivity contribution in [3.63, 3.8) is 0 Å². The fourth-order valence-electron chi connectivity index (χ4n) is 2.12. The Kier molecular flexibility index (Phi) is 4.42. The Hall–Kier alpha value is -0.430. The Bertz CT molecular complexity index is 307. The summed E-state index contributed by atoms with van der Waals surface area (Å²) in [5, 5.41) is 3.26. The van der Waals surface area contributed by atoms with E-state index in [9.17, 15) is 18.0 Å². The van der Waals surface area contributed by atoms with Crippen molar-refractivity contribution in [2.24, 2.45) is 0 Å². The highest BCUT2D eigenvalue weighted by molar-refractivity contribution is 8.00. The second-order valence-electron chi connectivity index (χ2n) is 4.76. The fourth-order valence-corrected chi connectivity index (χ4v) is 2.67. The number of nitrogens with one attached hydrogen (secondary N) is 1. The Morgan fingerprint density at radius 1 is 1.33 bits per heavy atom. The van der Waals surface area contributed by atoms with Crippen molar-refractivity contribution < 1.29 is 18.0 Å². The van der Waals surface area contributed by atoms with Crippen LogP contribution < -0.4 is 5.32 Å². The molecule has 1 unspecified atom stereocenters. The lowest BCUT2D eigenvalue weighted by molar-refractivity contribution is -0.135. The summed E-state index contributed by atoms with van der Waals surface area (Å²) in [5.41, 5.74) is -4.20. The van der Waals surface area contributed by atoms with Crippen LogP contribution in [-0.2, 0) is 4.79 Å². The second-order valence-corrected chi connectivity index (χ2v) is 5.92. The van der Waals surface area contributed by atoms with Crippen LogP contribution in [0.4, 0.5) is 13.2 Å². The molecule has 0 aromatic heterocycles. The first-order valence-corrected chi connectivity index (χ1v) is 7.20. The smallest absolute Gasteiger partial charge is 0.341 e. The molecular weight excluding hydrogens is 265 g/mol. The van der Waals surface area contributed by atoms with Gasteiger partial charge in [-0.25, -0.2) is 0 Å². The molecule has 104 valence electrons. The number of nitrogens with zero attached hydrogens (tertiary/aromatic N) is 1. The fraction of sp³-hybridized carbons (Fsp3) is 0.909. The third kappa shape index (κ3) is 4.35. The Labute approximate surface area is 108 Å². The summed E-state index contributed by atoms with van der Waals surface area (Å²) in [6.07, 6.45) is 3.88. The Morgan fingerprint density at radius 3 is 2.67 bits per heavy atom. The first-order chi connectivity index (χ1) is 8.46. The molecule has 0 aromatic carbocycles. The van der Waals surface area contributed by atoms with Gasteiger partial charge in [0.2, 0.25) is 5.91 Å². The van der Waals surface area contributed by atoms with Gasteiger partial charge in [0.15, 0.2) is 0 Å². The highest BCUT2D eigenvalue weighted by atomic mass is 32.2. The van der Waals surface area contributed by atoms with Crippen LogP contribution in [0.1, 0.15) is 25.7 Å². The van der Waals surface area contributed by atoms with Crippen molar-refractivity contribution in [2.75, 3.05) is 18.8 Å². The standard InChI is InChI=1S/C11H17F3N2OS/c12-11(13,14)18-7-6-16-5-1-2-9(10(16)17)15-8-3-4-8/h8-9,15H,1-7H2. The Balaban J connectivity index is 1.75. The van der Waals surface area contributed by atoms with Gasteiger partial charge in [0.05, 0.1) is 6.04 Å². The molecule has 2 rings (SSSR count). The number of carbonyl (C=O) groups is 1. The quantitative estimate of drug-likeness (QED) is 0.837. The number of hydrogen-bond donors (Lipinski definition) is 1. The number of halogens is 3. The maximum Gasteiger partial charge on any atom is 0.441 e. The van der Waals surface area contributed by atoms with Crippen molar-refractivity contribution in [1.82, 2.24) is 10.2 Å². The largest absolute Gasteiger partial charge is 0.441 e. The number of carbonyl (C=O) groups excluding carboxylic acids is 1. The van der Waals surface area contributed by atoms with E-state index in [1.54, 1.807) is 4.90 Å². The van der Waals surface area contributed by atoms with Gasteiger partial charge < -0.3 is 10.2 Å². The molecular formula is C11H17F3N2OS. The predicted octanol–water partition coefficient (Wildman–Crippen LogP) is 1.98. The predicted molar refractivity (Wildman–Crippen MR) is 64.3 cm³/mol. The number of alkyl halides is 3. The molecule has 1 heterocycles. The summed E-state index contributed by atoms with van der Waals surface area (Å²) in [6.45, 7) is 0.770. The molecule has 1 N–H and O–H groups in total. The van der Waals surface area contributed by atoms with Gasteiger partial charge in [-0.05, 0) is 37.4 Å². The summed E-state index contributed by atoms with van der Waals surface area (Å²) in [4.78, 5) is 13.6. The highest BCUT2D eigenvalue weighted by Gasteiger charge is 2.34. The van der Waals surface area contributed by atoms with Gasteiger partial charge in [-0.3, -0.25) is 4.79 Å². The first kappa shape index (κ1) is 14.0. The van der Waals surface area contributed by atoms with Gasteiger partial charge >= 0.3 is 5.51 Å². The van der Waals surface area contributed by atoms with Crippen molar-refractivity contribution in [3.05, 3.63) is 0 Å². The molecule has 2 fully saturated rings. The molecule has 0 radical (unpaired) electrons. The molecule has 1 aliphatic carbocycles. The van der Waals surface area contributed by atoms with E-state index >= 15 is 0 Å². The number of piperidine rings is 1. The summed E-state index contributed by atoms with van der Waals surface area (Å²) >= 11 is -0.0576. The molecule has 1 amide bonds. The molecule has 0 spiro atoms. The van der Waals surface area contributed by atoms with Crippen LogP contribution in [0.3, 0.4) is 0 Å². The van der Waals surface area contributed by atoms with Crippen LogP contribution in [0.25, 0.3) is 0 Å². The van der Waals surface area contributed by atoms with Crippen LogP contribution >= 0.6 is 11.8 Å². The van der Waals surface area contributed by atoms with Gasteiger partial charge in [-0.1, -0.05) is 0 Å². The maximum absolute atomic E-state index is 12.0. The van der Waals surface area contributed by atoms with Crippen LogP contribution in [0, 0.1) is 0 Å². The maximum atomic E-state index is 12.0. The van der Waals surface area contributed by atoms with Crippen LogP contribution in [0.2, 0.25) is 0 Å². The monoisotopic (exact) mass is 282 g/mol. The molecule has 1 saturated carbocycles. The SMILES string of the molecule is O=C1C(NC2CC2)CCCN1CCSC(F)(F)F. The van der Waals surface area contributed by atoms with E-state index in [4.69, 9.17) is 0 Å². The van der Waals surface area contributed by atoms with E-state index in [2.05, 4.69) is 5.32 Å². The molecule has 0 bridgehead atoms. The Morgan fingerprint density at radius 2 is 2.06 bits per heavy atom. The van der Waals surface area contributed by atoms with E-state index in [1.807, 2.05) is 0 Å². The summed E-state index contributed by atoms with van der Waals surface area (Å²) < 4.78 is 36.0. The van der Waals surface area contributed by atoms with Gasteiger partial charge in [-0.15, -0.1) is 0 Å². The lowest BCUT2D eigenvalue weighted by Crippen LogP contribution is -2.51. The van der Waals surface area contributed by atoms with E-state index in [0.717, 1.165) is 25.7 Å². The average Bonchev–Trinajstić information content (AvgIpc) is 3.06. The summed E-state index contributed by atoms with van der Waals surface area (Å²) in [5.74, 6) is -0.110. The highest BCUT2D eigenvalue weighted by Crippen LogP contribution is 2.30. The molecule has 1 atom stereocenters. The number of amides is 1. The topological polar surface area (TPSA) is 32.3 Å². The van der Waals surface area contributed by atoms with Crippen molar-refractivity contribution in [1.29, 1.82) is 0 Å². The average molecular weight is 282 g/mol. The summed E-state index contributed by atoms with van der Waals surface area (Å²) in [7, 11) is 0. The summed E-state index contributed by atoms with van der Waals surface area (Å²) in [6, 6.07) is 0.269. The minimum atomic E-state index is -4.20. The van der Waals surface area contributed by atoms with Crippen molar-refractivity contribution >= 4 is 17.7 Å². The van der Waals surface area contributed by atoms with Gasteiger partial charge in [-0.2, -0.15) is 13.2 Å². The first-order valence-electron chi connectivity index (χ1n) is 6.21. The third-order valence-corrected chi connectivity index (χ3v) is 3.89. The van der Waals surface area contributed by atoms with Crippen LogP contribution in [0.15, 0.2) is 0 Å². The minimum Gasteiger partial charge on any atom is -0.341 e. The van der Waals surface area contributed by atoms with Gasteiger partial charge in [0, 0.05) is 24.9 Å². The normalized spacial score (nSPS) is 25.6. The number of likely N-dealkylation sites (tertiary alicyclic amines) is 1. The third-order valence-electron chi connectivity index (χ3n) is 3.17. The molecule has 2 aliphatic rings. The molecule has 18 heavy (non-hydrogen) atoms. The zero-order chi connectivity index (χ0) is 13.2. The molecule has 1 aliphatic heterocycles. The number of thioether (sulfide) groups is 1. The minimum absolute atomic E-state index is 0.0316. The molecule has 7 heteroatoms. The lowest BCUT2D eigenvalue weighted by atomic mass is 10.0. The zero-order valence-corrected chi connectivity index (χ0v) is 10.8. The van der Waals surface area contributed by atoms with Crippen LogP contribution in [-0.4, -0.2) is 47.2 Å². The van der Waals surface area contributed by atoms with Crippen molar-refractivity contribution in [2.45, 2.75) is 43.3 Å². The molecule has 1 saturated heterocycles. The van der Waals surface area contributed by atoms with Gasteiger partial charge in [0.1, 0.15) is 0 Å². The van der Waals surface area contributed by atoms with E-state index in [1.165, 1.54) is 0 Å². The van der Waals surface area contributed by atoms with Crippen molar-refractivity contribution in [3.8, 4) is 0 Å².